The Hall–Kier alpha value is -1.33. The second kappa shape index (κ2) is 6.56. The van der Waals surface area contributed by atoms with Crippen molar-refractivity contribution in [2.24, 2.45) is 0 Å². The Morgan fingerprint density at radius 2 is 2.28 bits per heavy atom. The number of hydrogen-bond donors (Lipinski definition) is 3. The number of unbranched alkanes of at least 4 members (excludes halogenated alkanes) is 1. The summed E-state index contributed by atoms with van der Waals surface area (Å²) in [6, 6.07) is 0. The highest BCUT2D eigenvalue weighted by Gasteiger charge is 2.07. The monoisotopic (exact) mass is 267 g/mol. The summed E-state index contributed by atoms with van der Waals surface area (Å²) in [6.45, 7) is 3.58. The van der Waals surface area contributed by atoms with Gasteiger partial charge in [-0.05, 0) is 6.42 Å². The molecule has 0 aromatic carbocycles. The Kier molecular flexibility index (Phi) is 4.78. The van der Waals surface area contributed by atoms with Gasteiger partial charge in [0, 0.05) is 31.4 Å². The zero-order valence-electron chi connectivity index (χ0n) is 10.5. The molecule has 0 atom stereocenters. The van der Waals surface area contributed by atoms with Crippen molar-refractivity contribution in [3.05, 3.63) is 34.9 Å². The largest absolute Gasteiger partial charge is 0.347 e. The third kappa shape index (κ3) is 3.58. The molecule has 18 heavy (non-hydrogen) atoms. The molecular weight excluding hydrogens is 250 g/mol. The number of imidazole rings is 2. The smallest absolute Gasteiger partial charge is 0.151 e. The van der Waals surface area contributed by atoms with Gasteiger partial charge in [0.1, 0.15) is 5.82 Å². The van der Waals surface area contributed by atoms with Gasteiger partial charge in [0.15, 0.2) is 5.15 Å². The van der Waals surface area contributed by atoms with Crippen LogP contribution in [0.5, 0.6) is 0 Å². The van der Waals surface area contributed by atoms with Crippen molar-refractivity contribution in [2.45, 2.75) is 39.3 Å². The lowest BCUT2D eigenvalue weighted by molar-refractivity contribution is 0.669. The number of nitrogens with one attached hydrogen (secondary N) is 3. The van der Waals surface area contributed by atoms with Crippen LogP contribution in [0.4, 0.5) is 0 Å². The molecule has 0 unspecified atom stereocenters. The second-order valence-corrected chi connectivity index (χ2v) is 4.59. The van der Waals surface area contributed by atoms with Gasteiger partial charge < -0.3 is 15.3 Å². The summed E-state index contributed by atoms with van der Waals surface area (Å²) < 4.78 is 0. The van der Waals surface area contributed by atoms with E-state index in [1.54, 1.807) is 12.5 Å². The maximum atomic E-state index is 6.08. The van der Waals surface area contributed by atoms with Crippen LogP contribution in [-0.4, -0.2) is 19.9 Å². The molecule has 2 rings (SSSR count). The number of aryl methyl sites for hydroxylation is 1. The molecule has 98 valence electrons. The van der Waals surface area contributed by atoms with Crippen molar-refractivity contribution in [1.82, 2.24) is 25.3 Å². The molecule has 0 spiro atoms. The second-order valence-electron chi connectivity index (χ2n) is 4.24. The summed E-state index contributed by atoms with van der Waals surface area (Å²) >= 11 is 6.08. The fourth-order valence-corrected chi connectivity index (χ4v) is 1.94. The topological polar surface area (TPSA) is 69.4 Å². The molecule has 0 aliphatic heterocycles. The normalized spacial score (nSPS) is 11.0. The van der Waals surface area contributed by atoms with Crippen molar-refractivity contribution in [2.75, 3.05) is 0 Å². The quantitative estimate of drug-likeness (QED) is 0.722. The summed E-state index contributed by atoms with van der Waals surface area (Å²) in [7, 11) is 0. The number of halogens is 1. The zero-order chi connectivity index (χ0) is 12.8. The van der Waals surface area contributed by atoms with E-state index in [0.717, 1.165) is 43.0 Å². The molecule has 2 aromatic rings. The Morgan fingerprint density at radius 3 is 3.00 bits per heavy atom. The maximum absolute atomic E-state index is 6.08. The van der Waals surface area contributed by atoms with Crippen LogP contribution in [-0.2, 0) is 19.5 Å². The molecule has 0 saturated carbocycles. The molecule has 0 bridgehead atoms. The van der Waals surface area contributed by atoms with E-state index in [2.05, 4.69) is 32.2 Å². The molecule has 0 amide bonds. The van der Waals surface area contributed by atoms with Crippen molar-refractivity contribution < 1.29 is 0 Å². The minimum absolute atomic E-state index is 0.568. The first-order valence-electron chi connectivity index (χ1n) is 6.20. The van der Waals surface area contributed by atoms with Crippen LogP contribution in [0.3, 0.4) is 0 Å². The van der Waals surface area contributed by atoms with E-state index < -0.39 is 0 Å². The Balaban J connectivity index is 1.83. The summed E-state index contributed by atoms with van der Waals surface area (Å²) in [6.07, 6.45) is 6.71. The van der Waals surface area contributed by atoms with Gasteiger partial charge in [0.05, 0.1) is 12.0 Å². The molecule has 0 saturated heterocycles. The fourth-order valence-electron chi connectivity index (χ4n) is 1.72. The van der Waals surface area contributed by atoms with Crippen LogP contribution >= 0.6 is 11.6 Å². The van der Waals surface area contributed by atoms with Gasteiger partial charge >= 0.3 is 0 Å². The SMILES string of the molecule is CCCCc1nc(Cl)c(CNCc2cnc[nH]2)[nH]1. The minimum atomic E-state index is 0.568. The molecule has 0 aliphatic rings. The lowest BCUT2D eigenvalue weighted by atomic mass is 10.2. The highest BCUT2D eigenvalue weighted by molar-refractivity contribution is 6.30. The number of rotatable bonds is 7. The number of aromatic nitrogens is 4. The van der Waals surface area contributed by atoms with E-state index in [4.69, 9.17) is 11.6 Å². The summed E-state index contributed by atoms with van der Waals surface area (Å²) in [5.41, 5.74) is 2.00. The Labute approximate surface area is 111 Å². The van der Waals surface area contributed by atoms with Crippen molar-refractivity contribution in [1.29, 1.82) is 0 Å². The number of aromatic amines is 2. The van der Waals surface area contributed by atoms with Gasteiger partial charge in [0.2, 0.25) is 0 Å². The number of nitrogens with zero attached hydrogens (tertiary/aromatic N) is 2. The highest BCUT2D eigenvalue weighted by atomic mass is 35.5. The summed E-state index contributed by atoms with van der Waals surface area (Å²) in [4.78, 5) is 14.6. The molecule has 3 N–H and O–H groups in total. The average Bonchev–Trinajstić information content (AvgIpc) is 2.98. The predicted molar refractivity (Wildman–Crippen MR) is 71.3 cm³/mol. The van der Waals surface area contributed by atoms with Gasteiger partial charge in [-0.15, -0.1) is 0 Å². The summed E-state index contributed by atoms with van der Waals surface area (Å²) in [5, 5.41) is 3.86. The van der Waals surface area contributed by atoms with E-state index in [-0.39, 0.29) is 0 Å². The number of H-pyrrole nitrogens is 2. The Morgan fingerprint density at radius 1 is 1.39 bits per heavy atom. The molecule has 2 aromatic heterocycles. The standard InChI is InChI=1S/C12H18ClN5/c1-2-3-4-11-17-10(12(13)18-11)7-14-5-9-6-15-8-16-9/h6,8,14H,2-5,7H2,1H3,(H,15,16)(H,17,18). The summed E-state index contributed by atoms with van der Waals surface area (Å²) in [5.74, 6) is 0.972. The Bertz CT molecular complexity index is 463. The fraction of sp³-hybridized carbons (Fsp3) is 0.500. The van der Waals surface area contributed by atoms with E-state index in [0.29, 0.717) is 11.7 Å². The van der Waals surface area contributed by atoms with Crippen LogP contribution in [0.1, 0.15) is 37.0 Å². The molecule has 0 radical (unpaired) electrons. The first-order valence-corrected chi connectivity index (χ1v) is 6.58. The van der Waals surface area contributed by atoms with Crippen LogP contribution < -0.4 is 5.32 Å². The van der Waals surface area contributed by atoms with Crippen LogP contribution in [0.15, 0.2) is 12.5 Å². The van der Waals surface area contributed by atoms with Crippen LogP contribution in [0, 0.1) is 0 Å². The van der Waals surface area contributed by atoms with Gasteiger partial charge in [-0.1, -0.05) is 24.9 Å². The van der Waals surface area contributed by atoms with Crippen molar-refractivity contribution >= 4 is 11.6 Å². The van der Waals surface area contributed by atoms with Crippen LogP contribution in [0.25, 0.3) is 0 Å². The van der Waals surface area contributed by atoms with E-state index in [9.17, 15) is 0 Å². The van der Waals surface area contributed by atoms with Gasteiger partial charge in [-0.25, -0.2) is 9.97 Å². The molecular formula is C12H18ClN5. The lowest BCUT2D eigenvalue weighted by Gasteiger charge is -2.01. The lowest BCUT2D eigenvalue weighted by Crippen LogP contribution is -2.13. The number of hydrogen-bond acceptors (Lipinski definition) is 3. The molecule has 6 heteroatoms. The highest BCUT2D eigenvalue weighted by Crippen LogP contribution is 2.14. The van der Waals surface area contributed by atoms with Crippen LogP contribution in [0.2, 0.25) is 5.15 Å². The van der Waals surface area contributed by atoms with Gasteiger partial charge in [0.25, 0.3) is 0 Å². The van der Waals surface area contributed by atoms with E-state index in [1.807, 2.05) is 0 Å². The molecule has 0 fully saturated rings. The van der Waals surface area contributed by atoms with Crippen molar-refractivity contribution in [3.63, 3.8) is 0 Å². The third-order valence-electron chi connectivity index (χ3n) is 2.72. The van der Waals surface area contributed by atoms with Crippen molar-refractivity contribution in [3.8, 4) is 0 Å². The zero-order valence-corrected chi connectivity index (χ0v) is 11.2. The minimum Gasteiger partial charge on any atom is -0.347 e. The van der Waals surface area contributed by atoms with E-state index in [1.165, 1.54) is 0 Å². The first-order chi connectivity index (χ1) is 8.79. The molecule has 5 nitrogen and oxygen atoms in total. The van der Waals surface area contributed by atoms with E-state index >= 15 is 0 Å². The predicted octanol–water partition coefficient (Wildman–Crippen LogP) is 2.42. The molecule has 0 aliphatic carbocycles. The molecule has 2 heterocycles. The van der Waals surface area contributed by atoms with Gasteiger partial charge in [-0.2, -0.15) is 0 Å². The first kappa shape index (κ1) is 13.1. The maximum Gasteiger partial charge on any atom is 0.151 e. The average molecular weight is 268 g/mol. The third-order valence-corrected chi connectivity index (χ3v) is 3.03. The van der Waals surface area contributed by atoms with Gasteiger partial charge in [-0.3, -0.25) is 0 Å².